The van der Waals surface area contributed by atoms with Gasteiger partial charge in [0.25, 0.3) is 5.91 Å². The van der Waals surface area contributed by atoms with E-state index in [-0.39, 0.29) is 35.9 Å². The zero-order valence-electron chi connectivity index (χ0n) is 17.9. The van der Waals surface area contributed by atoms with Gasteiger partial charge in [-0.25, -0.2) is 13.1 Å². The van der Waals surface area contributed by atoms with Gasteiger partial charge in [0.15, 0.2) is 11.5 Å². The minimum absolute atomic E-state index is 0.0902. The number of benzene rings is 2. The van der Waals surface area contributed by atoms with Crippen LogP contribution in [0.15, 0.2) is 47.4 Å². The zero-order valence-corrected chi connectivity index (χ0v) is 18.7. The third-order valence-electron chi connectivity index (χ3n) is 4.90. The quantitative estimate of drug-likeness (QED) is 0.572. The highest BCUT2D eigenvalue weighted by molar-refractivity contribution is 7.89. The van der Waals surface area contributed by atoms with E-state index in [9.17, 15) is 13.2 Å². The molecule has 1 unspecified atom stereocenters. The molecular weight excluding hydrogens is 420 g/mol. The molecule has 2 aromatic carbocycles. The number of sulfonamides is 1. The molecular formula is C22H28N2O6S. The molecule has 3 rings (SSSR count). The van der Waals surface area contributed by atoms with Gasteiger partial charge in [0, 0.05) is 19.2 Å². The fraction of sp³-hybridized carbons (Fsp3) is 0.409. The topological polar surface area (TPSA) is 103 Å². The fourth-order valence-electron chi connectivity index (χ4n) is 3.26. The number of hydrogen-bond acceptors (Lipinski definition) is 6. The maximum atomic E-state index is 12.8. The first-order valence-corrected chi connectivity index (χ1v) is 11.6. The molecule has 9 heteroatoms. The fourth-order valence-corrected chi connectivity index (χ4v) is 4.27. The van der Waals surface area contributed by atoms with Crippen molar-refractivity contribution in [2.24, 2.45) is 5.92 Å². The van der Waals surface area contributed by atoms with Crippen LogP contribution in [-0.2, 0) is 14.8 Å². The third kappa shape index (κ3) is 5.75. The van der Waals surface area contributed by atoms with E-state index in [1.54, 1.807) is 0 Å². The van der Waals surface area contributed by atoms with Crippen molar-refractivity contribution in [1.29, 1.82) is 0 Å². The van der Waals surface area contributed by atoms with Crippen LogP contribution in [0.5, 0.6) is 11.5 Å². The second-order valence-corrected chi connectivity index (χ2v) is 9.28. The van der Waals surface area contributed by atoms with Crippen LogP contribution in [0.4, 0.5) is 0 Å². The molecule has 2 aromatic rings. The molecule has 31 heavy (non-hydrogen) atoms. The van der Waals surface area contributed by atoms with Crippen molar-refractivity contribution in [3.05, 3.63) is 53.6 Å². The number of ether oxygens (including phenoxy) is 3. The van der Waals surface area contributed by atoms with E-state index in [4.69, 9.17) is 14.2 Å². The number of hydrogen-bond donors (Lipinski definition) is 2. The highest BCUT2D eigenvalue weighted by Gasteiger charge is 2.22. The molecule has 2 N–H and O–H groups in total. The third-order valence-corrected chi connectivity index (χ3v) is 6.38. The monoisotopic (exact) mass is 448 g/mol. The Hall–Kier alpha value is -2.62. The number of methoxy groups -OCH3 is 1. The Bertz CT molecular complexity index is 1010. The highest BCUT2D eigenvalue weighted by atomic mass is 32.2. The van der Waals surface area contributed by atoms with Crippen molar-refractivity contribution >= 4 is 15.9 Å². The average molecular weight is 449 g/mol. The lowest BCUT2D eigenvalue weighted by Gasteiger charge is -2.25. The number of carbonyl (C=O) groups is 1. The summed E-state index contributed by atoms with van der Waals surface area (Å²) in [5.74, 6) is 1.19. The van der Waals surface area contributed by atoms with Gasteiger partial charge in [-0.3, -0.25) is 4.79 Å². The molecule has 1 heterocycles. The molecule has 1 amide bonds. The first kappa shape index (κ1) is 23.1. The lowest BCUT2D eigenvalue weighted by molar-refractivity contribution is 0.0925. The van der Waals surface area contributed by atoms with E-state index in [0.29, 0.717) is 30.3 Å². The van der Waals surface area contributed by atoms with Crippen molar-refractivity contribution in [2.45, 2.75) is 24.8 Å². The highest BCUT2D eigenvalue weighted by Crippen LogP contribution is 2.34. The number of nitrogens with one attached hydrogen (secondary N) is 2. The van der Waals surface area contributed by atoms with Gasteiger partial charge < -0.3 is 19.5 Å². The van der Waals surface area contributed by atoms with E-state index in [1.807, 2.05) is 32.0 Å². The molecule has 1 atom stereocenters. The van der Waals surface area contributed by atoms with Crippen molar-refractivity contribution in [3.8, 4) is 11.5 Å². The number of rotatable bonds is 9. The van der Waals surface area contributed by atoms with Gasteiger partial charge in [0.05, 0.1) is 17.5 Å². The van der Waals surface area contributed by atoms with Crippen molar-refractivity contribution in [1.82, 2.24) is 10.0 Å². The van der Waals surface area contributed by atoms with Gasteiger partial charge in [0.2, 0.25) is 10.0 Å². The van der Waals surface area contributed by atoms with Crippen LogP contribution in [0, 0.1) is 5.92 Å². The molecule has 0 saturated carbocycles. The van der Waals surface area contributed by atoms with E-state index in [1.165, 1.54) is 31.4 Å². The summed E-state index contributed by atoms with van der Waals surface area (Å²) in [6, 6.07) is 11.2. The number of amides is 1. The first-order chi connectivity index (χ1) is 14.8. The predicted octanol–water partition coefficient (Wildman–Crippen LogP) is 2.51. The summed E-state index contributed by atoms with van der Waals surface area (Å²) in [6.45, 7) is 5.49. The SMILES string of the molecule is COCCNS(=O)(=O)c1ccc(C(=O)NC(c2ccc3c(c2)OCCO3)C(C)C)cc1. The molecule has 8 nitrogen and oxygen atoms in total. The van der Waals surface area contributed by atoms with Gasteiger partial charge >= 0.3 is 0 Å². The normalized spacial score (nSPS) is 14.3. The van der Waals surface area contributed by atoms with E-state index >= 15 is 0 Å². The molecule has 0 bridgehead atoms. The van der Waals surface area contributed by atoms with E-state index < -0.39 is 10.0 Å². The Labute approximate surface area is 182 Å². The summed E-state index contributed by atoms with van der Waals surface area (Å²) >= 11 is 0. The molecule has 0 radical (unpaired) electrons. The summed E-state index contributed by atoms with van der Waals surface area (Å²) < 4.78 is 43.1. The van der Waals surface area contributed by atoms with Crippen LogP contribution in [0.3, 0.4) is 0 Å². The predicted molar refractivity (Wildman–Crippen MR) is 116 cm³/mol. The zero-order chi connectivity index (χ0) is 22.4. The van der Waals surface area contributed by atoms with E-state index in [2.05, 4.69) is 10.0 Å². The largest absolute Gasteiger partial charge is 0.486 e. The molecule has 0 fully saturated rings. The Balaban J connectivity index is 1.73. The van der Waals surface area contributed by atoms with Crippen LogP contribution < -0.4 is 19.5 Å². The minimum atomic E-state index is -3.65. The number of fused-ring (bicyclic) bond motifs is 1. The summed E-state index contributed by atoms with van der Waals surface area (Å²) in [4.78, 5) is 12.9. The van der Waals surface area contributed by atoms with Crippen LogP contribution >= 0.6 is 0 Å². The molecule has 168 valence electrons. The van der Waals surface area contributed by atoms with Crippen LogP contribution in [0.1, 0.15) is 35.8 Å². The minimum Gasteiger partial charge on any atom is -0.486 e. The number of carbonyl (C=O) groups excluding carboxylic acids is 1. The molecule has 0 aliphatic carbocycles. The second-order valence-electron chi connectivity index (χ2n) is 7.51. The lowest BCUT2D eigenvalue weighted by atomic mass is 9.95. The van der Waals surface area contributed by atoms with E-state index in [0.717, 1.165) is 5.56 Å². The average Bonchev–Trinajstić information content (AvgIpc) is 2.77. The van der Waals surface area contributed by atoms with Gasteiger partial charge in [-0.1, -0.05) is 19.9 Å². The summed E-state index contributed by atoms with van der Waals surface area (Å²) in [6.07, 6.45) is 0. The smallest absolute Gasteiger partial charge is 0.251 e. The Morgan fingerprint density at radius 3 is 2.39 bits per heavy atom. The Morgan fingerprint density at radius 1 is 1.06 bits per heavy atom. The van der Waals surface area contributed by atoms with Crippen molar-refractivity contribution in [3.63, 3.8) is 0 Å². The van der Waals surface area contributed by atoms with Gasteiger partial charge in [0.1, 0.15) is 13.2 Å². The summed E-state index contributed by atoms with van der Waals surface area (Å²) in [5, 5.41) is 3.04. The van der Waals surface area contributed by atoms with Gasteiger partial charge in [-0.05, 0) is 47.9 Å². The van der Waals surface area contributed by atoms with Crippen LogP contribution in [0.2, 0.25) is 0 Å². The maximum Gasteiger partial charge on any atom is 0.251 e. The standard InChI is InChI=1S/C22H28N2O6S/c1-15(2)21(17-6-9-19-20(14-17)30-13-12-29-19)24-22(25)16-4-7-18(8-5-16)31(26,27)23-10-11-28-3/h4-9,14-15,21,23H,10-13H2,1-3H3,(H,24,25). The Morgan fingerprint density at radius 2 is 1.74 bits per heavy atom. The molecule has 0 aromatic heterocycles. The summed E-state index contributed by atoms with van der Waals surface area (Å²) in [7, 11) is -2.15. The van der Waals surface area contributed by atoms with Crippen LogP contribution in [-0.4, -0.2) is 47.8 Å². The first-order valence-electron chi connectivity index (χ1n) is 10.1. The molecule has 1 aliphatic heterocycles. The maximum absolute atomic E-state index is 12.8. The Kier molecular flexibility index (Phi) is 7.53. The second kappa shape index (κ2) is 10.1. The summed E-state index contributed by atoms with van der Waals surface area (Å²) in [5.41, 5.74) is 1.29. The molecule has 1 aliphatic rings. The van der Waals surface area contributed by atoms with Gasteiger partial charge in [-0.15, -0.1) is 0 Å². The molecule has 0 spiro atoms. The molecule has 0 saturated heterocycles. The lowest BCUT2D eigenvalue weighted by Crippen LogP contribution is -2.32. The van der Waals surface area contributed by atoms with Gasteiger partial charge in [-0.2, -0.15) is 0 Å². The van der Waals surface area contributed by atoms with Crippen molar-refractivity contribution in [2.75, 3.05) is 33.5 Å². The van der Waals surface area contributed by atoms with Crippen molar-refractivity contribution < 1.29 is 27.4 Å². The van der Waals surface area contributed by atoms with Crippen LogP contribution in [0.25, 0.3) is 0 Å².